The van der Waals surface area contributed by atoms with Crippen LogP contribution in [0.25, 0.3) is 5.57 Å². The van der Waals surface area contributed by atoms with Crippen molar-refractivity contribution in [2.75, 3.05) is 25.0 Å². The molecule has 0 aliphatic rings. The number of nitrogens with zero attached hydrogens (tertiary/aromatic N) is 3. The molecule has 0 aliphatic heterocycles. The molecule has 1 atom stereocenters. The summed E-state index contributed by atoms with van der Waals surface area (Å²) < 4.78 is 47.0. The van der Waals surface area contributed by atoms with Crippen molar-refractivity contribution < 1.29 is 17.9 Å². The summed E-state index contributed by atoms with van der Waals surface area (Å²) in [5.41, 5.74) is 9.98. The predicted molar refractivity (Wildman–Crippen MR) is 138 cm³/mol. The first-order valence-corrected chi connectivity index (χ1v) is 11.8. The van der Waals surface area contributed by atoms with Gasteiger partial charge in [0.25, 0.3) is 6.43 Å². The number of hydrogen-bond acceptors (Lipinski definition) is 4. The van der Waals surface area contributed by atoms with Crippen LogP contribution in [-0.4, -0.2) is 36.3 Å². The Morgan fingerprint density at radius 1 is 1.26 bits per heavy atom. The number of halogens is 3. The van der Waals surface area contributed by atoms with E-state index in [-0.39, 0.29) is 5.92 Å². The van der Waals surface area contributed by atoms with Gasteiger partial charge < -0.3 is 15.4 Å². The van der Waals surface area contributed by atoms with Crippen molar-refractivity contribution in [1.29, 1.82) is 0 Å². The summed E-state index contributed by atoms with van der Waals surface area (Å²) in [6.45, 7) is 8.33. The second-order valence-corrected chi connectivity index (χ2v) is 8.87. The Labute approximate surface area is 206 Å². The average molecular weight is 491 g/mol. The van der Waals surface area contributed by atoms with E-state index >= 15 is 0 Å². The van der Waals surface area contributed by atoms with Crippen LogP contribution in [-0.2, 0) is 7.05 Å². The smallest absolute Gasteiger partial charge is 0.255 e. The highest BCUT2D eigenvalue weighted by molar-refractivity contribution is 5.69. The molecule has 2 rings (SSSR count). The fourth-order valence-electron chi connectivity index (χ4n) is 3.54. The molecule has 1 aromatic carbocycles. The number of rotatable bonds is 12. The van der Waals surface area contributed by atoms with Crippen molar-refractivity contribution in [1.82, 2.24) is 9.78 Å². The summed E-state index contributed by atoms with van der Waals surface area (Å²) in [5, 5.41) is 4.23. The van der Waals surface area contributed by atoms with E-state index in [0.29, 0.717) is 24.0 Å². The Kier molecular flexibility index (Phi) is 10.6. The molecule has 2 N–H and O–H groups in total. The van der Waals surface area contributed by atoms with E-state index in [4.69, 9.17) is 10.5 Å². The van der Waals surface area contributed by atoms with Crippen LogP contribution >= 0.6 is 0 Å². The van der Waals surface area contributed by atoms with Gasteiger partial charge in [0.1, 0.15) is 11.6 Å². The Bertz CT molecular complexity index is 1070. The second kappa shape index (κ2) is 13.2. The first-order valence-electron chi connectivity index (χ1n) is 11.8. The zero-order valence-corrected chi connectivity index (χ0v) is 21.5. The van der Waals surface area contributed by atoms with Crippen molar-refractivity contribution in [2.45, 2.75) is 47.0 Å². The topological polar surface area (TPSA) is 56.3 Å². The van der Waals surface area contributed by atoms with Crippen LogP contribution in [0, 0.1) is 11.7 Å². The zero-order valence-electron chi connectivity index (χ0n) is 21.5. The summed E-state index contributed by atoms with van der Waals surface area (Å²) in [4.78, 5) is 1.34. The number of allylic oxidation sites excluding steroid dienone is 4. The van der Waals surface area contributed by atoms with Gasteiger partial charge >= 0.3 is 0 Å². The van der Waals surface area contributed by atoms with Gasteiger partial charge in [-0.1, -0.05) is 37.6 Å². The third-order valence-corrected chi connectivity index (χ3v) is 5.73. The van der Waals surface area contributed by atoms with Gasteiger partial charge in [-0.2, -0.15) is 5.10 Å². The molecule has 0 radical (unpaired) electrons. The van der Waals surface area contributed by atoms with Gasteiger partial charge in [0, 0.05) is 38.3 Å². The minimum atomic E-state index is -2.49. The van der Waals surface area contributed by atoms with Crippen molar-refractivity contribution in [3.05, 3.63) is 65.0 Å². The summed E-state index contributed by atoms with van der Waals surface area (Å²) in [6, 6.07) is 5.94. The van der Waals surface area contributed by atoms with Crippen molar-refractivity contribution in [2.24, 2.45) is 18.7 Å². The van der Waals surface area contributed by atoms with Crippen molar-refractivity contribution in [3.63, 3.8) is 0 Å². The SMILES string of the molecule is CC/C(C)=C/C(=C\C(C)C/C=C(/C)c1ccc(F)cc1Oc1cc(N(C)CC(F)F)nn1C)CN. The van der Waals surface area contributed by atoms with E-state index in [9.17, 15) is 13.2 Å². The normalized spacial score (nSPS) is 14.0. The average Bonchev–Trinajstić information content (AvgIpc) is 3.16. The maximum atomic E-state index is 14.1. The molecule has 0 bridgehead atoms. The lowest BCUT2D eigenvalue weighted by molar-refractivity contribution is 0.156. The lowest BCUT2D eigenvalue weighted by atomic mass is 9.98. The van der Waals surface area contributed by atoms with Gasteiger partial charge in [0.05, 0.1) is 6.54 Å². The molecule has 1 unspecified atom stereocenters. The number of aryl methyl sites for hydroxylation is 1. The lowest BCUT2D eigenvalue weighted by Crippen LogP contribution is -2.24. The first kappa shape index (κ1) is 28.2. The molecule has 5 nitrogen and oxygen atoms in total. The molecule has 0 aliphatic carbocycles. The quantitative estimate of drug-likeness (QED) is 0.336. The summed E-state index contributed by atoms with van der Waals surface area (Å²) in [5.74, 6) is 0.826. The molecule has 192 valence electrons. The van der Waals surface area contributed by atoms with Crippen LogP contribution in [0.3, 0.4) is 0 Å². The maximum absolute atomic E-state index is 14.1. The van der Waals surface area contributed by atoms with E-state index in [1.807, 2.05) is 6.92 Å². The highest BCUT2D eigenvalue weighted by Gasteiger charge is 2.16. The number of aromatic nitrogens is 2. The highest BCUT2D eigenvalue weighted by atomic mass is 19.3. The van der Waals surface area contributed by atoms with Crippen LogP contribution in [0.15, 0.2) is 53.6 Å². The van der Waals surface area contributed by atoms with E-state index in [2.05, 4.69) is 44.1 Å². The third kappa shape index (κ3) is 8.62. The van der Waals surface area contributed by atoms with Crippen LogP contribution < -0.4 is 15.4 Å². The molecule has 8 heteroatoms. The number of benzene rings is 1. The molecular formula is C27H37F3N4O. The monoisotopic (exact) mass is 490 g/mol. The summed E-state index contributed by atoms with van der Waals surface area (Å²) in [6.07, 6.45) is 5.69. The van der Waals surface area contributed by atoms with Crippen molar-refractivity contribution in [3.8, 4) is 11.6 Å². The van der Waals surface area contributed by atoms with E-state index in [1.54, 1.807) is 19.2 Å². The third-order valence-electron chi connectivity index (χ3n) is 5.73. The van der Waals surface area contributed by atoms with E-state index in [1.165, 1.54) is 34.3 Å². The zero-order chi connectivity index (χ0) is 26.1. The van der Waals surface area contributed by atoms with Gasteiger partial charge in [0.15, 0.2) is 5.82 Å². The molecule has 0 spiro atoms. The Balaban J connectivity index is 2.25. The molecule has 0 saturated carbocycles. The molecular weight excluding hydrogens is 453 g/mol. The van der Waals surface area contributed by atoms with E-state index in [0.717, 1.165) is 29.6 Å². The first-order chi connectivity index (χ1) is 16.5. The number of hydrogen-bond donors (Lipinski definition) is 1. The fourth-order valence-corrected chi connectivity index (χ4v) is 3.54. The second-order valence-electron chi connectivity index (χ2n) is 8.87. The van der Waals surface area contributed by atoms with Crippen LogP contribution in [0.5, 0.6) is 11.6 Å². The van der Waals surface area contributed by atoms with Crippen LogP contribution in [0.1, 0.15) is 46.1 Å². The predicted octanol–water partition coefficient (Wildman–Crippen LogP) is 6.72. The molecule has 0 saturated heterocycles. The molecule has 35 heavy (non-hydrogen) atoms. The minimum absolute atomic E-state index is 0.263. The van der Waals surface area contributed by atoms with E-state index < -0.39 is 18.8 Å². The fraction of sp³-hybridized carbons (Fsp3) is 0.444. The van der Waals surface area contributed by atoms with Gasteiger partial charge in [0.2, 0.25) is 5.88 Å². The summed E-state index contributed by atoms with van der Waals surface area (Å²) in [7, 11) is 3.18. The maximum Gasteiger partial charge on any atom is 0.255 e. The largest absolute Gasteiger partial charge is 0.438 e. The minimum Gasteiger partial charge on any atom is -0.438 e. The number of anilines is 1. The van der Waals surface area contributed by atoms with Gasteiger partial charge in [-0.25, -0.2) is 17.9 Å². The van der Waals surface area contributed by atoms with Crippen LogP contribution in [0.4, 0.5) is 19.0 Å². The van der Waals surface area contributed by atoms with Gasteiger partial charge in [-0.15, -0.1) is 0 Å². The Morgan fingerprint density at radius 3 is 2.60 bits per heavy atom. The molecule has 0 amide bonds. The van der Waals surface area contributed by atoms with Gasteiger partial charge in [-0.3, -0.25) is 0 Å². The molecule has 1 heterocycles. The highest BCUT2D eigenvalue weighted by Crippen LogP contribution is 2.33. The number of nitrogens with two attached hydrogens (primary N) is 1. The van der Waals surface area contributed by atoms with Crippen molar-refractivity contribution >= 4 is 11.4 Å². The van der Waals surface area contributed by atoms with Gasteiger partial charge in [-0.05, 0) is 55.9 Å². The lowest BCUT2D eigenvalue weighted by Gasteiger charge is -2.14. The summed E-state index contributed by atoms with van der Waals surface area (Å²) >= 11 is 0. The molecule has 0 fully saturated rings. The number of alkyl halides is 2. The Morgan fingerprint density at radius 2 is 1.97 bits per heavy atom. The Hall–Kier alpha value is -3.00. The van der Waals surface area contributed by atoms with Crippen LogP contribution in [0.2, 0.25) is 0 Å². The number of ether oxygens (including phenoxy) is 1. The molecule has 2 aromatic rings. The standard InChI is InChI=1S/C27H37F3N4O/c1-7-18(2)12-21(16-31)13-19(3)8-9-20(4)23-11-10-22(28)14-24(23)35-27-15-26(32-34(27)6)33(5)17-25(29)30/h9-15,19,25H,7-8,16-17,31H2,1-6H3/b18-12+,20-9-,21-13+. The molecule has 1 aromatic heterocycles.